The largest absolute Gasteiger partial charge is 0.524 e. The average Bonchev–Trinajstić information content (AvgIpc) is 2.85. The van der Waals surface area contributed by atoms with E-state index in [2.05, 4.69) is 0 Å². The van der Waals surface area contributed by atoms with Crippen LogP contribution in [-0.4, -0.2) is 34.4 Å². The Morgan fingerprint density at radius 2 is 2.47 bits per heavy atom. The number of carboxylic acid groups (broad SMARTS) is 1. The maximum absolute atomic E-state index is 11.5. The quantitative estimate of drug-likeness (QED) is 0.612. The maximum Gasteiger partial charge on any atom is 0.524 e. The molecule has 2 aliphatic heterocycles. The lowest BCUT2D eigenvalue weighted by atomic mass is 10.1. The van der Waals surface area contributed by atoms with Crippen LogP contribution in [0.2, 0.25) is 0 Å². The summed E-state index contributed by atoms with van der Waals surface area (Å²) in [5, 5.41) is 11.1. The molecule has 2 aliphatic rings. The van der Waals surface area contributed by atoms with Crippen LogP contribution >= 0.6 is 11.3 Å². The van der Waals surface area contributed by atoms with Crippen LogP contribution in [0.5, 0.6) is 0 Å². The second kappa shape index (κ2) is 3.41. The van der Waals surface area contributed by atoms with Crippen LogP contribution in [0.25, 0.3) is 6.08 Å². The van der Waals surface area contributed by atoms with Crippen molar-refractivity contribution in [3.8, 4) is 0 Å². The fourth-order valence-electron chi connectivity index (χ4n) is 2.20. The van der Waals surface area contributed by atoms with Gasteiger partial charge in [-0.15, -0.1) is 15.8 Å². The van der Waals surface area contributed by atoms with E-state index in [-0.39, 0.29) is 18.9 Å². The number of carbonyl (C=O) groups excluding carboxylic acids is 1. The summed E-state index contributed by atoms with van der Waals surface area (Å²) in [4.78, 5) is 23.7. The summed E-state index contributed by atoms with van der Waals surface area (Å²) in [6.07, 6.45) is 0.333. The van der Waals surface area contributed by atoms with Crippen LogP contribution < -0.4 is 0 Å². The fraction of sp³-hybridized carbons (Fsp3) is 0.273. The molecule has 3 rings (SSSR count). The standard InChI is InChI=1S/C11H9NO4S/c13-9-5-10-12(9,11(14)15)6-7(16-10)4-8-2-1-3-17-8/h1-4,10H,5-6H2/p+1/b7-4-. The third-order valence-electron chi connectivity index (χ3n) is 3.17. The van der Waals surface area contributed by atoms with Gasteiger partial charge in [-0.05, 0) is 17.5 Å². The van der Waals surface area contributed by atoms with Crippen molar-refractivity contribution >= 4 is 29.4 Å². The van der Waals surface area contributed by atoms with E-state index in [0.29, 0.717) is 5.76 Å². The number of β-lactam (4-membered cyclic amide) rings is 1. The highest BCUT2D eigenvalue weighted by Crippen LogP contribution is 2.40. The number of imide groups is 1. The Balaban J connectivity index is 1.90. The first-order chi connectivity index (χ1) is 8.13. The first-order valence-electron chi connectivity index (χ1n) is 5.18. The van der Waals surface area contributed by atoms with Gasteiger partial charge in [0.2, 0.25) is 0 Å². The van der Waals surface area contributed by atoms with Crippen LogP contribution in [0.1, 0.15) is 11.3 Å². The Kier molecular flexibility index (Phi) is 2.11. The summed E-state index contributed by atoms with van der Waals surface area (Å²) in [7, 11) is 0. The molecule has 0 saturated carbocycles. The molecule has 2 fully saturated rings. The fourth-order valence-corrected chi connectivity index (χ4v) is 2.88. The van der Waals surface area contributed by atoms with Gasteiger partial charge in [0.05, 0.1) is 0 Å². The van der Waals surface area contributed by atoms with E-state index in [9.17, 15) is 9.59 Å². The number of carbonyl (C=O) groups is 2. The first kappa shape index (κ1) is 10.5. The Hall–Kier alpha value is -1.66. The van der Waals surface area contributed by atoms with Crippen LogP contribution in [0.3, 0.4) is 0 Å². The highest BCUT2D eigenvalue weighted by atomic mass is 32.1. The zero-order valence-corrected chi connectivity index (χ0v) is 9.64. The molecule has 0 bridgehead atoms. The molecule has 2 atom stereocenters. The molecule has 2 unspecified atom stereocenters. The van der Waals surface area contributed by atoms with E-state index in [1.54, 1.807) is 17.4 Å². The molecule has 6 heteroatoms. The minimum atomic E-state index is -1.12. The first-order valence-corrected chi connectivity index (χ1v) is 6.06. The lowest BCUT2D eigenvalue weighted by Gasteiger charge is -2.35. The number of rotatable bonds is 1. The molecule has 17 heavy (non-hydrogen) atoms. The molecular formula is C11H10NO4S+. The third-order valence-corrected chi connectivity index (χ3v) is 3.99. The smallest absolute Gasteiger partial charge is 0.439 e. The van der Waals surface area contributed by atoms with Gasteiger partial charge in [0.1, 0.15) is 0 Å². The number of thiophene rings is 1. The molecule has 1 aromatic heterocycles. The Labute approximate surface area is 101 Å². The van der Waals surface area contributed by atoms with E-state index < -0.39 is 16.8 Å². The van der Waals surface area contributed by atoms with Crippen molar-refractivity contribution in [2.24, 2.45) is 0 Å². The number of ether oxygens (including phenoxy) is 1. The van der Waals surface area contributed by atoms with E-state index >= 15 is 0 Å². The topological polar surface area (TPSA) is 63.6 Å². The molecule has 2 amide bonds. The molecule has 5 nitrogen and oxygen atoms in total. The van der Waals surface area contributed by atoms with Crippen LogP contribution in [0.15, 0.2) is 23.3 Å². The molecule has 1 N–H and O–H groups in total. The molecule has 1 aromatic rings. The van der Waals surface area contributed by atoms with E-state index in [1.807, 2.05) is 17.5 Å². The minimum absolute atomic E-state index is 0.122. The Morgan fingerprint density at radius 1 is 1.65 bits per heavy atom. The van der Waals surface area contributed by atoms with Gasteiger partial charge >= 0.3 is 12.0 Å². The Morgan fingerprint density at radius 3 is 3.00 bits per heavy atom. The van der Waals surface area contributed by atoms with Gasteiger partial charge < -0.3 is 9.84 Å². The summed E-state index contributed by atoms with van der Waals surface area (Å²) in [6.45, 7) is 0.122. The summed E-state index contributed by atoms with van der Waals surface area (Å²) in [5.74, 6) is 0.294. The Bertz CT molecular complexity index is 512. The lowest BCUT2D eigenvalue weighted by Crippen LogP contribution is -2.68. The molecule has 0 spiro atoms. The average molecular weight is 252 g/mol. The molecule has 2 saturated heterocycles. The van der Waals surface area contributed by atoms with E-state index in [0.717, 1.165) is 4.88 Å². The van der Waals surface area contributed by atoms with Crippen LogP contribution in [0.4, 0.5) is 4.79 Å². The normalized spacial score (nSPS) is 33.1. The number of nitrogens with zero attached hydrogens (tertiary/aromatic N) is 1. The van der Waals surface area contributed by atoms with Gasteiger partial charge in [-0.3, -0.25) is 0 Å². The molecular weight excluding hydrogens is 242 g/mol. The van der Waals surface area contributed by atoms with Crippen molar-refractivity contribution in [3.05, 3.63) is 28.1 Å². The van der Waals surface area contributed by atoms with Gasteiger partial charge in [-0.2, -0.15) is 4.79 Å². The number of quaternary nitrogens is 1. The van der Waals surface area contributed by atoms with Crippen molar-refractivity contribution in [1.29, 1.82) is 0 Å². The molecule has 0 radical (unpaired) electrons. The number of hydrogen-bond donors (Lipinski definition) is 1. The van der Waals surface area contributed by atoms with Crippen molar-refractivity contribution in [2.45, 2.75) is 12.6 Å². The van der Waals surface area contributed by atoms with E-state index in [4.69, 9.17) is 9.84 Å². The predicted octanol–water partition coefficient (Wildman–Crippen LogP) is 1.87. The van der Waals surface area contributed by atoms with Gasteiger partial charge in [0, 0.05) is 4.88 Å². The van der Waals surface area contributed by atoms with Crippen molar-refractivity contribution in [3.63, 3.8) is 0 Å². The summed E-state index contributed by atoms with van der Waals surface area (Å²) < 4.78 is 4.92. The van der Waals surface area contributed by atoms with E-state index in [1.165, 1.54) is 0 Å². The zero-order chi connectivity index (χ0) is 12.0. The number of hydrogen-bond acceptors (Lipinski definition) is 4. The van der Waals surface area contributed by atoms with Gasteiger partial charge in [-0.25, -0.2) is 4.79 Å². The highest BCUT2D eigenvalue weighted by Gasteiger charge is 2.68. The monoisotopic (exact) mass is 252 g/mol. The van der Waals surface area contributed by atoms with Crippen LogP contribution in [0, 0.1) is 0 Å². The van der Waals surface area contributed by atoms with Crippen LogP contribution in [-0.2, 0) is 9.53 Å². The lowest BCUT2D eigenvalue weighted by molar-refractivity contribution is -0.838. The second-order valence-corrected chi connectivity index (χ2v) is 5.09. The zero-order valence-electron chi connectivity index (χ0n) is 8.83. The third kappa shape index (κ3) is 1.34. The molecule has 0 aromatic carbocycles. The second-order valence-electron chi connectivity index (χ2n) is 4.11. The predicted molar refractivity (Wildman–Crippen MR) is 59.9 cm³/mol. The van der Waals surface area contributed by atoms with Crippen molar-refractivity contribution in [2.75, 3.05) is 6.54 Å². The van der Waals surface area contributed by atoms with Gasteiger partial charge in [0.25, 0.3) is 6.23 Å². The van der Waals surface area contributed by atoms with Crippen molar-refractivity contribution < 1.29 is 23.9 Å². The molecule has 3 heterocycles. The SMILES string of the molecule is O=C(O)[N+]12C/C(=C/c3cccs3)OC1CC2=O. The summed E-state index contributed by atoms with van der Waals surface area (Å²) in [5.41, 5.74) is 0. The number of fused-ring (bicyclic) bond motifs is 1. The maximum atomic E-state index is 11.5. The summed E-state index contributed by atoms with van der Waals surface area (Å²) >= 11 is 1.55. The van der Waals surface area contributed by atoms with Gasteiger partial charge in [0.15, 0.2) is 18.7 Å². The van der Waals surface area contributed by atoms with Crippen molar-refractivity contribution in [1.82, 2.24) is 0 Å². The molecule has 88 valence electrons. The highest BCUT2D eigenvalue weighted by molar-refractivity contribution is 7.10. The van der Waals surface area contributed by atoms with Gasteiger partial charge in [-0.1, -0.05) is 6.07 Å². The summed E-state index contributed by atoms with van der Waals surface area (Å²) in [6, 6.07) is 3.83. The number of amides is 2. The minimum Gasteiger partial charge on any atom is -0.439 e. The molecule has 0 aliphatic carbocycles.